The summed E-state index contributed by atoms with van der Waals surface area (Å²) in [4.78, 5) is 4.19. The Morgan fingerprint density at radius 3 is 2.68 bits per heavy atom. The van der Waals surface area contributed by atoms with Crippen LogP contribution in [0.2, 0.25) is 0 Å². The smallest absolute Gasteiger partial charge is 0.0305 e. The van der Waals surface area contributed by atoms with Crippen molar-refractivity contribution in [1.29, 1.82) is 0 Å². The predicted molar refractivity (Wildman–Crippen MR) is 82.0 cm³/mol. The third-order valence-electron chi connectivity index (χ3n) is 3.37. The summed E-state index contributed by atoms with van der Waals surface area (Å²) in [6, 6.07) is 12.8. The summed E-state index contributed by atoms with van der Waals surface area (Å²) < 4.78 is 0. The van der Waals surface area contributed by atoms with Gasteiger partial charge in [0.15, 0.2) is 0 Å². The van der Waals surface area contributed by atoms with Crippen molar-refractivity contribution < 1.29 is 0 Å². The Morgan fingerprint density at radius 2 is 1.95 bits per heavy atom. The summed E-state index contributed by atoms with van der Waals surface area (Å²) in [6.07, 6.45) is 9.38. The minimum Gasteiger partial charge on any atom is -0.264 e. The average Bonchev–Trinajstić information content (AvgIpc) is 2.47. The lowest BCUT2D eigenvalue weighted by atomic mass is 10.0. The lowest BCUT2D eigenvalue weighted by Crippen LogP contribution is -1.90. The average molecular weight is 251 g/mol. The number of rotatable bonds is 5. The van der Waals surface area contributed by atoms with Crippen LogP contribution in [0.1, 0.15) is 37.0 Å². The maximum absolute atomic E-state index is 4.19. The zero-order valence-electron chi connectivity index (χ0n) is 11.8. The van der Waals surface area contributed by atoms with Gasteiger partial charge in [0.05, 0.1) is 0 Å². The fourth-order valence-corrected chi connectivity index (χ4v) is 2.20. The highest BCUT2D eigenvalue weighted by atomic mass is 14.6. The third-order valence-corrected chi connectivity index (χ3v) is 3.37. The molecule has 1 heterocycles. The fourth-order valence-electron chi connectivity index (χ4n) is 2.20. The summed E-state index contributed by atoms with van der Waals surface area (Å²) >= 11 is 0. The molecule has 98 valence electrons. The molecule has 0 atom stereocenters. The molecule has 2 aromatic rings. The minimum absolute atomic E-state index is 1.03. The zero-order valence-corrected chi connectivity index (χ0v) is 11.8. The summed E-state index contributed by atoms with van der Waals surface area (Å²) in [5.74, 6) is 0. The van der Waals surface area contributed by atoms with Crippen LogP contribution in [-0.2, 0) is 12.8 Å². The van der Waals surface area contributed by atoms with E-state index >= 15 is 0 Å². The number of aryl methyl sites for hydroxylation is 2. The van der Waals surface area contributed by atoms with Gasteiger partial charge in [-0.2, -0.15) is 0 Å². The molecule has 0 spiro atoms. The molecule has 0 aliphatic rings. The van der Waals surface area contributed by atoms with Gasteiger partial charge in [-0.3, -0.25) is 4.98 Å². The third kappa shape index (κ3) is 4.06. The van der Waals surface area contributed by atoms with Gasteiger partial charge in [-0.1, -0.05) is 48.9 Å². The maximum Gasteiger partial charge on any atom is 0.0305 e. The Hall–Kier alpha value is -1.89. The van der Waals surface area contributed by atoms with E-state index in [0.29, 0.717) is 0 Å². The van der Waals surface area contributed by atoms with Gasteiger partial charge in [0.2, 0.25) is 0 Å². The summed E-state index contributed by atoms with van der Waals surface area (Å²) in [5, 5.41) is 0. The van der Waals surface area contributed by atoms with Gasteiger partial charge in [0.25, 0.3) is 0 Å². The van der Waals surface area contributed by atoms with E-state index in [1.807, 2.05) is 12.4 Å². The molecule has 0 unspecified atom stereocenters. The van der Waals surface area contributed by atoms with Crippen LogP contribution in [0.15, 0.2) is 54.4 Å². The second-order valence-electron chi connectivity index (χ2n) is 4.90. The van der Waals surface area contributed by atoms with E-state index in [9.17, 15) is 0 Å². The van der Waals surface area contributed by atoms with Gasteiger partial charge in [0.1, 0.15) is 0 Å². The van der Waals surface area contributed by atoms with Crippen LogP contribution >= 0.6 is 0 Å². The molecule has 0 radical (unpaired) electrons. The maximum atomic E-state index is 4.19. The van der Waals surface area contributed by atoms with Gasteiger partial charge in [-0.05, 0) is 48.9 Å². The summed E-state index contributed by atoms with van der Waals surface area (Å²) in [6.45, 7) is 4.39. The van der Waals surface area contributed by atoms with E-state index in [1.54, 1.807) is 0 Å². The minimum atomic E-state index is 1.03. The number of benzene rings is 1. The molecule has 0 fully saturated rings. The van der Waals surface area contributed by atoms with Crippen LogP contribution in [0.25, 0.3) is 6.08 Å². The van der Waals surface area contributed by atoms with Gasteiger partial charge in [-0.15, -0.1) is 0 Å². The Bertz CT molecular complexity index is 541. The molecular weight excluding hydrogens is 230 g/mol. The zero-order chi connectivity index (χ0) is 13.5. The van der Waals surface area contributed by atoms with E-state index in [0.717, 1.165) is 19.3 Å². The van der Waals surface area contributed by atoms with E-state index < -0.39 is 0 Å². The van der Waals surface area contributed by atoms with Crippen molar-refractivity contribution in [2.24, 2.45) is 0 Å². The summed E-state index contributed by atoms with van der Waals surface area (Å²) in [7, 11) is 0. The number of hydrogen-bond acceptors (Lipinski definition) is 1. The Kier molecular flexibility index (Phi) is 4.91. The number of nitrogens with zero attached hydrogens (tertiary/aromatic N) is 1. The first-order valence-corrected chi connectivity index (χ1v) is 6.93. The molecule has 2 rings (SSSR count). The molecule has 1 aromatic carbocycles. The monoisotopic (exact) mass is 251 g/mol. The Morgan fingerprint density at radius 1 is 1.16 bits per heavy atom. The van der Waals surface area contributed by atoms with Crippen molar-refractivity contribution in [1.82, 2.24) is 4.98 Å². The van der Waals surface area contributed by atoms with Gasteiger partial charge in [0, 0.05) is 12.4 Å². The first-order valence-electron chi connectivity index (χ1n) is 6.93. The van der Waals surface area contributed by atoms with E-state index in [-0.39, 0.29) is 0 Å². The standard InChI is InChI=1S/C18H21N/c1-3-17-14-19-12-11-18(17)13-15(2)9-10-16-7-5-4-6-8-16/h4-8,11-14H,3,9-10H2,1-2H3/b15-13+. The highest BCUT2D eigenvalue weighted by Gasteiger charge is 1.99. The second kappa shape index (κ2) is 6.89. The van der Waals surface area contributed by atoms with Gasteiger partial charge >= 0.3 is 0 Å². The SMILES string of the molecule is CCc1cnccc1/C=C(\C)CCc1ccccc1. The Labute approximate surface area is 116 Å². The lowest BCUT2D eigenvalue weighted by Gasteiger charge is -2.05. The van der Waals surface area contributed by atoms with Crippen LogP contribution < -0.4 is 0 Å². The molecule has 0 aliphatic carbocycles. The van der Waals surface area contributed by atoms with Crippen molar-refractivity contribution >= 4 is 6.08 Å². The highest BCUT2D eigenvalue weighted by Crippen LogP contribution is 2.16. The molecule has 0 amide bonds. The molecule has 1 heteroatoms. The molecule has 1 aromatic heterocycles. The van der Waals surface area contributed by atoms with Gasteiger partial charge < -0.3 is 0 Å². The first kappa shape index (κ1) is 13.5. The van der Waals surface area contributed by atoms with Crippen LogP contribution in [0.3, 0.4) is 0 Å². The summed E-state index contributed by atoms with van der Waals surface area (Å²) in [5.41, 5.74) is 5.45. The van der Waals surface area contributed by atoms with Crippen molar-refractivity contribution in [3.8, 4) is 0 Å². The Balaban J connectivity index is 2.03. The molecule has 19 heavy (non-hydrogen) atoms. The second-order valence-corrected chi connectivity index (χ2v) is 4.90. The van der Waals surface area contributed by atoms with Crippen LogP contribution in [0.5, 0.6) is 0 Å². The topological polar surface area (TPSA) is 12.9 Å². The normalized spacial score (nSPS) is 11.6. The van der Waals surface area contributed by atoms with E-state index in [2.05, 4.69) is 61.3 Å². The molecule has 0 N–H and O–H groups in total. The van der Waals surface area contributed by atoms with Crippen molar-refractivity contribution in [2.75, 3.05) is 0 Å². The quantitative estimate of drug-likeness (QED) is 0.752. The largest absolute Gasteiger partial charge is 0.264 e. The lowest BCUT2D eigenvalue weighted by molar-refractivity contribution is 0.947. The molecule has 0 bridgehead atoms. The van der Waals surface area contributed by atoms with Crippen molar-refractivity contribution in [3.63, 3.8) is 0 Å². The first-order chi connectivity index (χ1) is 9.29. The molecular formula is C18H21N. The molecule has 0 saturated carbocycles. The van der Waals surface area contributed by atoms with Crippen LogP contribution in [-0.4, -0.2) is 4.98 Å². The molecule has 0 saturated heterocycles. The highest BCUT2D eigenvalue weighted by molar-refractivity contribution is 5.55. The van der Waals surface area contributed by atoms with Crippen LogP contribution in [0.4, 0.5) is 0 Å². The number of allylic oxidation sites excluding steroid dienone is 1. The predicted octanol–water partition coefficient (Wildman–Crippen LogP) is 4.68. The number of hydrogen-bond donors (Lipinski definition) is 0. The molecule has 1 nitrogen and oxygen atoms in total. The van der Waals surface area contributed by atoms with E-state index in [1.165, 1.54) is 22.3 Å². The van der Waals surface area contributed by atoms with Crippen LogP contribution in [0, 0.1) is 0 Å². The van der Waals surface area contributed by atoms with Gasteiger partial charge in [-0.25, -0.2) is 0 Å². The van der Waals surface area contributed by atoms with E-state index in [4.69, 9.17) is 0 Å². The fraction of sp³-hybridized carbons (Fsp3) is 0.278. The number of aromatic nitrogens is 1. The number of pyridine rings is 1. The molecule has 0 aliphatic heterocycles. The van der Waals surface area contributed by atoms with Crippen molar-refractivity contribution in [3.05, 3.63) is 71.1 Å². The van der Waals surface area contributed by atoms with Crippen molar-refractivity contribution in [2.45, 2.75) is 33.1 Å².